The summed E-state index contributed by atoms with van der Waals surface area (Å²) in [6.07, 6.45) is -4.12. The number of anilines is 1. The van der Waals surface area contributed by atoms with Crippen molar-refractivity contribution in [2.45, 2.75) is 32.1 Å². The molecule has 0 radical (unpaired) electrons. The number of aromatic nitrogens is 1. The smallest absolute Gasteiger partial charge is 0.457 e. The summed E-state index contributed by atoms with van der Waals surface area (Å²) in [4.78, 5) is 28.7. The van der Waals surface area contributed by atoms with Gasteiger partial charge in [0.15, 0.2) is 5.78 Å². The van der Waals surface area contributed by atoms with Crippen molar-refractivity contribution >= 4 is 17.4 Å². The molecular weight excluding hydrogens is 475 g/mol. The van der Waals surface area contributed by atoms with Gasteiger partial charge in [0.25, 0.3) is 11.8 Å². The van der Waals surface area contributed by atoms with Crippen LogP contribution < -0.4 is 14.8 Å². The molecule has 0 saturated heterocycles. The second kappa shape index (κ2) is 8.97. The molecule has 1 aliphatic carbocycles. The minimum Gasteiger partial charge on any atom is -0.457 e. The number of rotatable bonds is 6. The number of hydrogen-bond acceptors (Lipinski definition) is 5. The molecule has 0 unspecified atom stereocenters. The Kier molecular flexibility index (Phi) is 6.18. The highest BCUT2D eigenvalue weighted by atomic mass is 19.4. The zero-order valence-corrected chi connectivity index (χ0v) is 18.1. The van der Waals surface area contributed by atoms with Gasteiger partial charge in [-0.25, -0.2) is 8.78 Å². The van der Waals surface area contributed by atoms with E-state index in [1.165, 1.54) is 43.5 Å². The molecule has 1 aromatic heterocycles. The lowest BCUT2D eigenvalue weighted by Crippen LogP contribution is -2.17. The zero-order valence-electron chi connectivity index (χ0n) is 18.1. The third-order valence-corrected chi connectivity index (χ3v) is 5.25. The van der Waals surface area contributed by atoms with E-state index in [1.807, 2.05) is 0 Å². The standard InChI is InChI=1S/C24H17F5N2O4/c1-13(32)19-12-14(9-11-30-19)31-22(33)21-17-8-10-23(25,26)18(17)6-7-20(21)34-15-2-4-16(5-3-15)35-24(27,28)29/h2-7,9,11-12H,8,10H2,1H3,(H,30,31,33). The van der Waals surface area contributed by atoms with Crippen LogP contribution in [0.25, 0.3) is 0 Å². The summed E-state index contributed by atoms with van der Waals surface area (Å²) in [5.41, 5.74) is -0.0233. The maximum Gasteiger partial charge on any atom is 0.573 e. The first-order valence-corrected chi connectivity index (χ1v) is 10.3. The van der Waals surface area contributed by atoms with Gasteiger partial charge in [-0.2, -0.15) is 0 Å². The van der Waals surface area contributed by atoms with Crippen LogP contribution in [-0.2, 0) is 12.3 Å². The minimum atomic E-state index is -4.87. The van der Waals surface area contributed by atoms with E-state index in [1.54, 1.807) is 0 Å². The summed E-state index contributed by atoms with van der Waals surface area (Å²) in [7, 11) is 0. The van der Waals surface area contributed by atoms with Crippen molar-refractivity contribution in [3.8, 4) is 17.2 Å². The lowest BCUT2D eigenvalue weighted by molar-refractivity contribution is -0.274. The number of halogens is 5. The molecule has 0 bridgehead atoms. The van der Waals surface area contributed by atoms with Gasteiger partial charge in [0.1, 0.15) is 22.9 Å². The molecule has 1 amide bonds. The third-order valence-electron chi connectivity index (χ3n) is 5.25. The number of pyridine rings is 1. The lowest BCUT2D eigenvalue weighted by Gasteiger charge is -2.17. The van der Waals surface area contributed by atoms with Crippen LogP contribution in [0.5, 0.6) is 17.2 Å². The number of Topliss-reactive ketones (excluding diaryl/α,β-unsaturated/α-hetero) is 1. The molecule has 4 rings (SSSR count). The highest BCUT2D eigenvalue weighted by Gasteiger charge is 2.42. The van der Waals surface area contributed by atoms with E-state index in [4.69, 9.17) is 4.74 Å². The van der Waals surface area contributed by atoms with Gasteiger partial charge in [0, 0.05) is 30.8 Å². The van der Waals surface area contributed by atoms with Gasteiger partial charge in [-0.1, -0.05) is 0 Å². The Balaban J connectivity index is 1.68. The molecule has 6 nitrogen and oxygen atoms in total. The summed E-state index contributed by atoms with van der Waals surface area (Å²) < 4.78 is 75.4. The van der Waals surface area contributed by atoms with Crippen LogP contribution in [0.2, 0.25) is 0 Å². The summed E-state index contributed by atoms with van der Waals surface area (Å²) in [5, 5.41) is 2.57. The number of fused-ring (bicyclic) bond motifs is 1. The number of benzene rings is 2. The average molecular weight is 492 g/mol. The Hall–Kier alpha value is -4.02. The molecule has 1 heterocycles. The van der Waals surface area contributed by atoms with Gasteiger partial charge in [-0.15, -0.1) is 13.2 Å². The number of amides is 1. The Morgan fingerprint density at radius 1 is 1.03 bits per heavy atom. The number of carbonyl (C=O) groups excluding carboxylic acids is 2. The Morgan fingerprint density at radius 2 is 1.71 bits per heavy atom. The van der Waals surface area contributed by atoms with E-state index in [-0.39, 0.29) is 51.8 Å². The molecule has 0 fully saturated rings. The van der Waals surface area contributed by atoms with Crippen molar-refractivity contribution in [1.29, 1.82) is 0 Å². The van der Waals surface area contributed by atoms with E-state index in [0.717, 1.165) is 18.2 Å². The van der Waals surface area contributed by atoms with Crippen LogP contribution in [0, 0.1) is 0 Å². The Labute approximate surface area is 195 Å². The Bertz CT molecular complexity index is 1290. The van der Waals surface area contributed by atoms with Crippen molar-refractivity contribution < 1.29 is 41.0 Å². The molecule has 0 spiro atoms. The normalized spacial score (nSPS) is 14.2. The maximum atomic E-state index is 14.4. The quantitative estimate of drug-likeness (QED) is 0.324. The van der Waals surface area contributed by atoms with Gasteiger partial charge >= 0.3 is 6.36 Å². The summed E-state index contributed by atoms with van der Waals surface area (Å²) in [6, 6.07) is 9.56. The van der Waals surface area contributed by atoms with Crippen LogP contribution in [0.1, 0.15) is 45.3 Å². The average Bonchev–Trinajstić information content (AvgIpc) is 3.08. The number of ether oxygens (including phenoxy) is 2. The number of nitrogens with zero attached hydrogens (tertiary/aromatic N) is 1. The molecule has 0 atom stereocenters. The van der Waals surface area contributed by atoms with Gasteiger partial charge in [0.2, 0.25) is 0 Å². The molecule has 35 heavy (non-hydrogen) atoms. The molecular formula is C24H17F5N2O4. The number of nitrogens with one attached hydrogen (secondary N) is 1. The van der Waals surface area contributed by atoms with Gasteiger partial charge in [-0.3, -0.25) is 14.6 Å². The van der Waals surface area contributed by atoms with Gasteiger partial charge in [-0.05, 0) is 60.5 Å². The molecule has 11 heteroatoms. The lowest BCUT2D eigenvalue weighted by atomic mass is 10.0. The van der Waals surface area contributed by atoms with Crippen molar-refractivity contribution in [2.75, 3.05) is 5.32 Å². The van der Waals surface area contributed by atoms with Crippen LogP contribution in [0.3, 0.4) is 0 Å². The van der Waals surface area contributed by atoms with Crippen LogP contribution in [0.15, 0.2) is 54.7 Å². The highest BCUT2D eigenvalue weighted by Crippen LogP contribution is 2.45. The fourth-order valence-electron chi connectivity index (χ4n) is 3.71. The number of alkyl halides is 5. The molecule has 2 aromatic carbocycles. The first-order chi connectivity index (χ1) is 16.4. The maximum absolute atomic E-state index is 14.4. The van der Waals surface area contributed by atoms with Crippen LogP contribution in [0.4, 0.5) is 27.6 Å². The molecule has 1 aliphatic rings. The molecule has 3 aromatic rings. The summed E-state index contributed by atoms with van der Waals surface area (Å²) in [6.45, 7) is 1.30. The van der Waals surface area contributed by atoms with E-state index >= 15 is 0 Å². The first-order valence-electron chi connectivity index (χ1n) is 10.3. The van der Waals surface area contributed by atoms with E-state index in [2.05, 4.69) is 15.0 Å². The SMILES string of the molecule is CC(=O)c1cc(NC(=O)c2c(Oc3ccc(OC(F)(F)F)cc3)ccc3c2CCC3(F)F)ccn1. The first kappa shape index (κ1) is 24.1. The van der Waals surface area contributed by atoms with Crippen LogP contribution in [-0.4, -0.2) is 23.0 Å². The molecule has 1 N–H and O–H groups in total. The highest BCUT2D eigenvalue weighted by molar-refractivity contribution is 6.08. The number of ketones is 1. The van der Waals surface area contributed by atoms with Crippen molar-refractivity contribution in [3.05, 3.63) is 77.1 Å². The van der Waals surface area contributed by atoms with E-state index in [0.29, 0.717) is 0 Å². The third kappa shape index (κ3) is 5.39. The zero-order chi connectivity index (χ0) is 25.4. The molecule has 0 saturated carbocycles. The predicted octanol–water partition coefficient (Wildman–Crippen LogP) is 6.27. The van der Waals surface area contributed by atoms with E-state index in [9.17, 15) is 31.5 Å². The predicted molar refractivity (Wildman–Crippen MR) is 114 cm³/mol. The van der Waals surface area contributed by atoms with Crippen molar-refractivity contribution in [1.82, 2.24) is 4.98 Å². The van der Waals surface area contributed by atoms with Crippen molar-refractivity contribution in [3.63, 3.8) is 0 Å². The number of hydrogen-bond donors (Lipinski definition) is 1. The fourth-order valence-corrected chi connectivity index (χ4v) is 3.71. The summed E-state index contributed by atoms with van der Waals surface area (Å²) in [5.74, 6) is -4.70. The van der Waals surface area contributed by atoms with Gasteiger partial charge in [0.05, 0.1) is 5.56 Å². The second-order valence-electron chi connectivity index (χ2n) is 7.73. The van der Waals surface area contributed by atoms with Crippen molar-refractivity contribution in [2.24, 2.45) is 0 Å². The van der Waals surface area contributed by atoms with Crippen LogP contribution >= 0.6 is 0 Å². The van der Waals surface area contributed by atoms with E-state index < -0.39 is 30.4 Å². The number of carbonyl (C=O) groups is 2. The van der Waals surface area contributed by atoms with Gasteiger partial charge < -0.3 is 14.8 Å². The molecule has 0 aliphatic heterocycles. The fraction of sp³-hybridized carbons (Fsp3) is 0.208. The largest absolute Gasteiger partial charge is 0.573 e. The topological polar surface area (TPSA) is 77.5 Å². The summed E-state index contributed by atoms with van der Waals surface area (Å²) >= 11 is 0. The monoisotopic (exact) mass is 492 g/mol. The molecule has 182 valence electrons. The second-order valence-corrected chi connectivity index (χ2v) is 7.73. The minimum absolute atomic E-state index is 0.0565. The Morgan fingerprint density at radius 3 is 2.37 bits per heavy atom.